The minimum absolute atomic E-state index is 0.0313. The number of carbonyl (C=O) groups is 1. The average molecular weight is 381 g/mol. The number of nitrogens with one attached hydrogen (secondary N) is 1. The van der Waals surface area contributed by atoms with Crippen molar-refractivity contribution in [1.82, 2.24) is 10.2 Å². The average Bonchev–Trinajstić information content (AvgIpc) is 2.67. The number of hydrogen-bond acceptors (Lipinski definition) is 3. The van der Waals surface area contributed by atoms with E-state index < -0.39 is 0 Å². The van der Waals surface area contributed by atoms with E-state index in [1.165, 1.54) is 0 Å². The van der Waals surface area contributed by atoms with Crippen LogP contribution in [-0.2, 0) is 11.4 Å². The molecule has 1 unspecified atom stereocenters. The van der Waals surface area contributed by atoms with Crippen molar-refractivity contribution < 1.29 is 9.53 Å². The van der Waals surface area contributed by atoms with Crippen molar-refractivity contribution in [1.29, 1.82) is 0 Å². The van der Waals surface area contributed by atoms with Crippen molar-refractivity contribution in [2.45, 2.75) is 33.4 Å². The van der Waals surface area contributed by atoms with Crippen LogP contribution in [-0.4, -0.2) is 22.3 Å². The number of hydrogen-bond donors (Lipinski definition) is 1. The highest BCUT2D eigenvalue weighted by atomic mass is 32.1. The molecule has 0 aliphatic carbocycles. The standard InChI is InChI=1S/C22H24N2O2S/c1-4-24-15(2)20(16(3)25)21(23-22(24)27)18-12-8-9-13-19(18)26-14-17-10-6-5-7-11-17/h5-13,21H,4,14H2,1-3H3,(H,23,27). The number of rotatable bonds is 6. The van der Waals surface area contributed by atoms with E-state index in [4.69, 9.17) is 17.0 Å². The summed E-state index contributed by atoms with van der Waals surface area (Å²) >= 11 is 5.53. The monoisotopic (exact) mass is 380 g/mol. The summed E-state index contributed by atoms with van der Waals surface area (Å²) in [6.45, 7) is 6.75. The molecule has 0 saturated carbocycles. The van der Waals surface area contributed by atoms with Crippen LogP contribution in [0.2, 0.25) is 0 Å². The summed E-state index contributed by atoms with van der Waals surface area (Å²) in [5.74, 6) is 0.780. The number of Topliss-reactive ketones (excluding diaryl/α,β-unsaturated/α-hetero) is 1. The lowest BCUT2D eigenvalue weighted by Gasteiger charge is -2.37. The molecule has 0 fully saturated rings. The zero-order chi connectivity index (χ0) is 19.4. The molecule has 2 aromatic rings. The molecule has 1 heterocycles. The van der Waals surface area contributed by atoms with Crippen LogP contribution in [0.25, 0.3) is 0 Å². The summed E-state index contributed by atoms with van der Waals surface area (Å²) in [6.07, 6.45) is 0. The Morgan fingerprint density at radius 1 is 1.15 bits per heavy atom. The molecule has 0 spiro atoms. The van der Waals surface area contributed by atoms with Gasteiger partial charge in [-0.2, -0.15) is 0 Å². The van der Waals surface area contributed by atoms with E-state index in [2.05, 4.69) is 5.32 Å². The summed E-state index contributed by atoms with van der Waals surface area (Å²) in [7, 11) is 0. The van der Waals surface area contributed by atoms with Gasteiger partial charge in [-0.05, 0) is 44.6 Å². The first-order valence-corrected chi connectivity index (χ1v) is 9.49. The van der Waals surface area contributed by atoms with E-state index in [-0.39, 0.29) is 11.8 Å². The molecular weight excluding hydrogens is 356 g/mol. The number of nitrogens with zero attached hydrogens (tertiary/aromatic N) is 1. The maximum absolute atomic E-state index is 12.4. The summed E-state index contributed by atoms with van der Waals surface area (Å²) in [5, 5.41) is 3.96. The van der Waals surface area contributed by atoms with Crippen molar-refractivity contribution in [3.05, 3.63) is 77.0 Å². The molecule has 1 N–H and O–H groups in total. The van der Waals surface area contributed by atoms with E-state index in [9.17, 15) is 4.79 Å². The van der Waals surface area contributed by atoms with Crippen LogP contribution in [0.5, 0.6) is 5.75 Å². The third-order valence-electron chi connectivity index (χ3n) is 4.76. The fourth-order valence-electron chi connectivity index (χ4n) is 3.44. The Labute approximate surface area is 165 Å². The quantitative estimate of drug-likeness (QED) is 0.753. The van der Waals surface area contributed by atoms with Crippen LogP contribution in [0.15, 0.2) is 65.9 Å². The normalized spacial score (nSPS) is 16.9. The van der Waals surface area contributed by atoms with Crippen LogP contribution in [0.3, 0.4) is 0 Å². The lowest BCUT2D eigenvalue weighted by Crippen LogP contribution is -2.47. The van der Waals surface area contributed by atoms with E-state index in [0.717, 1.165) is 28.1 Å². The third-order valence-corrected chi connectivity index (χ3v) is 5.10. The van der Waals surface area contributed by atoms with Gasteiger partial charge < -0.3 is 15.0 Å². The lowest BCUT2D eigenvalue weighted by atomic mass is 9.92. The van der Waals surface area contributed by atoms with Gasteiger partial charge in [0.05, 0.1) is 6.04 Å². The molecule has 1 aliphatic rings. The van der Waals surface area contributed by atoms with Crippen molar-refractivity contribution in [2.24, 2.45) is 0 Å². The molecule has 0 radical (unpaired) electrons. The van der Waals surface area contributed by atoms with Crippen LogP contribution in [0.4, 0.5) is 0 Å². The predicted molar refractivity (Wildman–Crippen MR) is 111 cm³/mol. The van der Waals surface area contributed by atoms with Gasteiger partial charge in [-0.1, -0.05) is 48.5 Å². The van der Waals surface area contributed by atoms with Gasteiger partial charge in [0.25, 0.3) is 0 Å². The molecule has 3 rings (SSSR count). The van der Waals surface area contributed by atoms with Crippen LogP contribution >= 0.6 is 12.2 Å². The second-order valence-corrected chi connectivity index (χ2v) is 6.88. The molecule has 27 heavy (non-hydrogen) atoms. The Morgan fingerprint density at radius 2 is 1.81 bits per heavy atom. The summed E-state index contributed by atoms with van der Waals surface area (Å²) in [6, 6.07) is 17.5. The maximum atomic E-state index is 12.4. The first-order valence-electron chi connectivity index (χ1n) is 9.08. The zero-order valence-electron chi connectivity index (χ0n) is 15.9. The second kappa shape index (κ2) is 8.35. The van der Waals surface area contributed by atoms with Gasteiger partial charge in [0.15, 0.2) is 10.9 Å². The topological polar surface area (TPSA) is 41.6 Å². The fourth-order valence-corrected chi connectivity index (χ4v) is 3.82. The summed E-state index contributed by atoms with van der Waals surface area (Å²) < 4.78 is 6.10. The Bertz CT molecular complexity index is 877. The second-order valence-electron chi connectivity index (χ2n) is 6.49. The van der Waals surface area contributed by atoms with Crippen molar-refractivity contribution >= 4 is 23.1 Å². The molecule has 2 aromatic carbocycles. The smallest absolute Gasteiger partial charge is 0.173 e. The highest BCUT2D eigenvalue weighted by Gasteiger charge is 2.33. The summed E-state index contributed by atoms with van der Waals surface area (Å²) in [4.78, 5) is 14.4. The van der Waals surface area contributed by atoms with Crippen LogP contribution in [0, 0.1) is 0 Å². The number of allylic oxidation sites excluding steroid dienone is 1. The lowest BCUT2D eigenvalue weighted by molar-refractivity contribution is -0.114. The Morgan fingerprint density at radius 3 is 2.48 bits per heavy atom. The van der Waals surface area contributed by atoms with E-state index in [1.807, 2.05) is 73.3 Å². The van der Waals surface area contributed by atoms with Gasteiger partial charge in [-0.15, -0.1) is 0 Å². The molecule has 0 amide bonds. The first-order chi connectivity index (χ1) is 13.0. The van der Waals surface area contributed by atoms with Crippen molar-refractivity contribution in [3.8, 4) is 5.75 Å². The molecule has 1 atom stereocenters. The molecule has 4 nitrogen and oxygen atoms in total. The molecule has 1 aliphatic heterocycles. The number of benzene rings is 2. The van der Waals surface area contributed by atoms with Crippen LogP contribution < -0.4 is 10.1 Å². The molecule has 0 saturated heterocycles. The molecule has 140 valence electrons. The number of thiocarbonyl (C=S) groups is 1. The van der Waals surface area contributed by atoms with Gasteiger partial charge in [-0.3, -0.25) is 4.79 Å². The fraction of sp³-hybridized carbons (Fsp3) is 0.273. The highest BCUT2D eigenvalue weighted by molar-refractivity contribution is 7.80. The molecule has 0 aromatic heterocycles. The van der Waals surface area contributed by atoms with Gasteiger partial charge in [0, 0.05) is 23.4 Å². The maximum Gasteiger partial charge on any atom is 0.173 e. The van der Waals surface area contributed by atoms with Crippen molar-refractivity contribution in [2.75, 3.05) is 6.54 Å². The first kappa shape index (κ1) is 19.1. The van der Waals surface area contributed by atoms with Crippen LogP contribution in [0.1, 0.15) is 37.9 Å². The number of carbonyl (C=O) groups excluding carboxylic acids is 1. The van der Waals surface area contributed by atoms with Gasteiger partial charge in [0.2, 0.25) is 0 Å². The predicted octanol–water partition coefficient (Wildman–Crippen LogP) is 4.38. The minimum atomic E-state index is -0.315. The van der Waals surface area contributed by atoms with E-state index >= 15 is 0 Å². The Hall–Kier alpha value is -2.66. The Balaban J connectivity index is 1.96. The van der Waals surface area contributed by atoms with Gasteiger partial charge in [-0.25, -0.2) is 0 Å². The molecule has 0 bridgehead atoms. The van der Waals surface area contributed by atoms with Gasteiger partial charge in [0.1, 0.15) is 12.4 Å². The molecular formula is C22H24N2O2S. The SMILES string of the molecule is CCN1C(=S)NC(c2ccccc2OCc2ccccc2)C(C(C)=O)=C1C. The summed E-state index contributed by atoms with van der Waals surface area (Å²) in [5.41, 5.74) is 3.63. The number of ketones is 1. The van der Waals surface area contributed by atoms with Gasteiger partial charge >= 0.3 is 0 Å². The number of ether oxygens (including phenoxy) is 1. The zero-order valence-corrected chi connectivity index (χ0v) is 16.7. The number of para-hydroxylation sites is 1. The molecule has 5 heteroatoms. The minimum Gasteiger partial charge on any atom is -0.489 e. The van der Waals surface area contributed by atoms with E-state index in [0.29, 0.717) is 18.3 Å². The highest BCUT2D eigenvalue weighted by Crippen LogP contribution is 2.35. The Kier molecular flexibility index (Phi) is 5.91. The van der Waals surface area contributed by atoms with E-state index in [1.54, 1.807) is 6.92 Å². The third kappa shape index (κ3) is 4.03. The van der Waals surface area contributed by atoms with Crippen molar-refractivity contribution in [3.63, 3.8) is 0 Å². The largest absolute Gasteiger partial charge is 0.489 e.